The molecule has 2 aromatic rings. The van der Waals surface area contributed by atoms with Crippen LogP contribution in [0, 0.1) is 5.82 Å². The summed E-state index contributed by atoms with van der Waals surface area (Å²) in [6.07, 6.45) is 5.22. The van der Waals surface area contributed by atoms with Crippen molar-refractivity contribution in [3.8, 4) is 5.69 Å². The highest BCUT2D eigenvalue weighted by Crippen LogP contribution is 2.26. The zero-order chi connectivity index (χ0) is 22.0. The van der Waals surface area contributed by atoms with Crippen LogP contribution >= 0.6 is 0 Å². The van der Waals surface area contributed by atoms with Crippen molar-refractivity contribution in [1.82, 2.24) is 14.8 Å². The summed E-state index contributed by atoms with van der Waals surface area (Å²) in [6, 6.07) is 8.88. The number of nitrogens with two attached hydrogens (primary N) is 1. The molecular formula is C22H26FN5O3. The summed E-state index contributed by atoms with van der Waals surface area (Å²) in [5.74, 6) is -1.53. The minimum absolute atomic E-state index is 0.0141. The molecule has 1 saturated heterocycles. The number of pyridine rings is 1. The van der Waals surface area contributed by atoms with Crippen molar-refractivity contribution < 1.29 is 14.0 Å². The van der Waals surface area contributed by atoms with Crippen molar-refractivity contribution in [2.24, 2.45) is 5.73 Å². The van der Waals surface area contributed by atoms with Gasteiger partial charge in [0.2, 0.25) is 11.8 Å². The Balaban J connectivity index is 1.43. The molecule has 1 unspecified atom stereocenters. The van der Waals surface area contributed by atoms with Crippen LogP contribution in [0.2, 0.25) is 0 Å². The summed E-state index contributed by atoms with van der Waals surface area (Å²) in [5, 5.41) is 6.01. The van der Waals surface area contributed by atoms with Crippen LogP contribution in [0.25, 0.3) is 5.69 Å². The predicted molar refractivity (Wildman–Crippen MR) is 114 cm³/mol. The number of aromatic nitrogens is 1. The van der Waals surface area contributed by atoms with E-state index in [4.69, 9.17) is 5.73 Å². The molecule has 4 rings (SSSR count). The molecule has 4 N–H and O–H groups in total. The number of hydrogen-bond donors (Lipinski definition) is 3. The van der Waals surface area contributed by atoms with E-state index in [1.54, 1.807) is 24.4 Å². The molecule has 2 fully saturated rings. The summed E-state index contributed by atoms with van der Waals surface area (Å²) in [7, 11) is 0. The number of benzene rings is 1. The molecule has 8 nitrogen and oxygen atoms in total. The van der Waals surface area contributed by atoms with Gasteiger partial charge >= 0.3 is 0 Å². The van der Waals surface area contributed by atoms with E-state index in [-0.39, 0.29) is 23.8 Å². The number of halogens is 1. The lowest BCUT2D eigenvalue weighted by Gasteiger charge is -2.28. The third-order valence-corrected chi connectivity index (χ3v) is 5.84. The first-order chi connectivity index (χ1) is 14.9. The molecule has 1 aromatic heterocycles. The van der Waals surface area contributed by atoms with E-state index >= 15 is 0 Å². The van der Waals surface area contributed by atoms with Crippen molar-refractivity contribution in [1.29, 1.82) is 0 Å². The number of nitrogens with one attached hydrogen (secondary N) is 2. The van der Waals surface area contributed by atoms with Crippen LogP contribution < -0.4 is 21.9 Å². The highest BCUT2D eigenvalue weighted by atomic mass is 19.1. The van der Waals surface area contributed by atoms with Crippen molar-refractivity contribution in [3.05, 3.63) is 58.8 Å². The minimum atomic E-state index is -0.651. The molecule has 0 radical (unpaired) electrons. The topological polar surface area (TPSA) is 109 Å². The molecule has 0 spiro atoms. The molecule has 1 aromatic carbocycles. The van der Waals surface area contributed by atoms with Gasteiger partial charge in [0.1, 0.15) is 5.82 Å². The lowest BCUT2D eigenvalue weighted by molar-refractivity contribution is -0.124. The Hall–Kier alpha value is -3.04. The molecule has 31 heavy (non-hydrogen) atoms. The van der Waals surface area contributed by atoms with Crippen LogP contribution in [0.4, 0.5) is 10.1 Å². The zero-order valence-electron chi connectivity index (χ0n) is 17.1. The first-order valence-electron chi connectivity index (χ1n) is 10.5. The number of hydrogen-bond acceptors (Lipinski definition) is 5. The number of amides is 2. The third kappa shape index (κ3) is 5.00. The average molecular weight is 427 g/mol. The van der Waals surface area contributed by atoms with E-state index in [2.05, 4.69) is 10.6 Å². The Kier molecular flexibility index (Phi) is 6.15. The monoisotopic (exact) mass is 427 g/mol. The van der Waals surface area contributed by atoms with Gasteiger partial charge in [-0.3, -0.25) is 23.9 Å². The van der Waals surface area contributed by atoms with E-state index < -0.39 is 23.7 Å². The van der Waals surface area contributed by atoms with Gasteiger partial charge in [-0.2, -0.15) is 0 Å². The number of carbonyl (C=O) groups is 2. The number of likely N-dealkylation sites (tertiary alicyclic amines) is 1. The molecule has 2 atom stereocenters. The predicted octanol–water partition coefficient (Wildman–Crippen LogP) is 0.985. The first kappa shape index (κ1) is 21.2. The van der Waals surface area contributed by atoms with Gasteiger partial charge in [-0.05, 0) is 43.9 Å². The van der Waals surface area contributed by atoms with Gasteiger partial charge in [-0.25, -0.2) is 4.39 Å². The average Bonchev–Trinajstić information content (AvgIpc) is 3.48. The molecular weight excluding hydrogens is 401 g/mol. The molecule has 1 aliphatic carbocycles. The molecule has 9 heteroatoms. The number of rotatable bonds is 8. The van der Waals surface area contributed by atoms with Gasteiger partial charge in [-0.1, -0.05) is 6.07 Å². The highest BCUT2D eigenvalue weighted by Gasteiger charge is 2.38. The van der Waals surface area contributed by atoms with Crippen LogP contribution in [0.15, 0.2) is 47.4 Å². The molecule has 2 amide bonds. The van der Waals surface area contributed by atoms with Gasteiger partial charge in [-0.15, -0.1) is 0 Å². The molecule has 0 bridgehead atoms. The highest BCUT2D eigenvalue weighted by molar-refractivity contribution is 5.93. The van der Waals surface area contributed by atoms with E-state index in [1.165, 1.54) is 22.8 Å². The maximum absolute atomic E-state index is 14.6. The second-order valence-electron chi connectivity index (χ2n) is 8.13. The lowest BCUT2D eigenvalue weighted by Crippen LogP contribution is -2.50. The molecule has 1 aliphatic heterocycles. The number of carbonyl (C=O) groups excluding carboxylic acids is 2. The van der Waals surface area contributed by atoms with Crippen LogP contribution in [0.5, 0.6) is 0 Å². The maximum Gasteiger partial charge on any atom is 0.255 e. The number of anilines is 1. The van der Waals surface area contributed by atoms with Gasteiger partial charge in [0.25, 0.3) is 5.56 Å². The molecule has 2 aliphatic rings. The third-order valence-electron chi connectivity index (χ3n) is 5.84. The Morgan fingerprint density at radius 3 is 2.61 bits per heavy atom. The molecule has 1 saturated carbocycles. The van der Waals surface area contributed by atoms with E-state index in [0.29, 0.717) is 24.7 Å². The van der Waals surface area contributed by atoms with E-state index in [1.807, 2.05) is 4.90 Å². The lowest BCUT2D eigenvalue weighted by atomic mass is 10.2. The Bertz CT molecular complexity index is 1040. The van der Waals surface area contributed by atoms with Gasteiger partial charge in [0, 0.05) is 37.0 Å². The van der Waals surface area contributed by atoms with E-state index in [0.717, 1.165) is 19.3 Å². The number of nitrogens with zero attached hydrogens (tertiary/aromatic N) is 2. The summed E-state index contributed by atoms with van der Waals surface area (Å²) in [6.45, 7) is 0.639. The summed E-state index contributed by atoms with van der Waals surface area (Å²) in [4.78, 5) is 38.2. The van der Waals surface area contributed by atoms with Crippen molar-refractivity contribution in [2.75, 3.05) is 18.4 Å². The smallest absolute Gasteiger partial charge is 0.255 e. The minimum Gasteiger partial charge on any atom is -0.368 e. The molecule has 164 valence electrons. The van der Waals surface area contributed by atoms with Crippen LogP contribution in [0.3, 0.4) is 0 Å². The standard InChI is InChI=1S/C22H26FN5O3/c23-17-11-15(27-10-2-1-3-21(27)30)6-8-18(17)26-20(29)13-28-16(12-25-14-4-5-14)7-9-19(28)22(24)31/h1-3,6,8,10-11,14,16,19,25H,4-5,7,9,12-13H2,(H2,24,31)(H,26,29)/t16-,19?/m0/s1. The fourth-order valence-corrected chi connectivity index (χ4v) is 4.04. The zero-order valence-corrected chi connectivity index (χ0v) is 17.1. The molecule has 2 heterocycles. The van der Waals surface area contributed by atoms with Crippen molar-refractivity contribution in [2.45, 2.75) is 43.8 Å². The SMILES string of the molecule is NC(=O)C1CC[C@@H](CNC2CC2)N1CC(=O)Nc1ccc(-n2ccccc2=O)cc1F. The second-order valence-corrected chi connectivity index (χ2v) is 8.13. The fourth-order valence-electron chi connectivity index (χ4n) is 4.04. The summed E-state index contributed by atoms with van der Waals surface area (Å²) in [5.41, 5.74) is 5.63. The Labute approximate surface area is 179 Å². The maximum atomic E-state index is 14.6. The normalized spacial score (nSPS) is 21.2. The quantitative estimate of drug-likeness (QED) is 0.582. The van der Waals surface area contributed by atoms with Crippen molar-refractivity contribution >= 4 is 17.5 Å². The van der Waals surface area contributed by atoms with E-state index in [9.17, 15) is 18.8 Å². The number of primary amides is 1. The van der Waals surface area contributed by atoms with Gasteiger partial charge in [0.15, 0.2) is 0 Å². The van der Waals surface area contributed by atoms with Crippen LogP contribution in [-0.2, 0) is 9.59 Å². The van der Waals surface area contributed by atoms with Gasteiger partial charge in [0.05, 0.1) is 24.0 Å². The van der Waals surface area contributed by atoms with Crippen molar-refractivity contribution in [3.63, 3.8) is 0 Å². The Morgan fingerprint density at radius 2 is 1.94 bits per heavy atom. The second kappa shape index (κ2) is 8.99. The van der Waals surface area contributed by atoms with Crippen LogP contribution in [-0.4, -0.2) is 52.5 Å². The fraction of sp³-hybridized carbons (Fsp3) is 0.409. The summed E-state index contributed by atoms with van der Waals surface area (Å²) < 4.78 is 15.9. The first-order valence-corrected chi connectivity index (χ1v) is 10.5. The van der Waals surface area contributed by atoms with Gasteiger partial charge < -0.3 is 16.4 Å². The Morgan fingerprint density at radius 1 is 1.13 bits per heavy atom. The summed E-state index contributed by atoms with van der Waals surface area (Å²) >= 11 is 0. The largest absolute Gasteiger partial charge is 0.368 e. The van der Waals surface area contributed by atoms with Crippen LogP contribution in [0.1, 0.15) is 25.7 Å².